The highest BCUT2D eigenvalue weighted by Gasteiger charge is 2.24. The predicted octanol–water partition coefficient (Wildman–Crippen LogP) is 4.46. The second-order valence-electron chi connectivity index (χ2n) is 7.11. The van der Waals surface area contributed by atoms with Crippen molar-refractivity contribution in [3.8, 4) is 11.3 Å². The van der Waals surface area contributed by atoms with Crippen LogP contribution in [0, 0.1) is 17.5 Å². The van der Waals surface area contributed by atoms with Gasteiger partial charge >= 0.3 is 0 Å². The van der Waals surface area contributed by atoms with Crippen LogP contribution in [-0.2, 0) is 16.0 Å². The molecule has 0 radical (unpaired) electrons. The standard InChI is InChI=1S/C22H18F3N3O3/c23-13-3-5-15(16(24)10-13)19-12-26-21(31-19)8-7-20(29)27-14-4-6-18(17(25)11-14)28-9-1-2-22(28)30/h3-6,10-12H,1-2,7-9H2,(H,27,29). The summed E-state index contributed by atoms with van der Waals surface area (Å²) < 4.78 is 46.7. The van der Waals surface area contributed by atoms with E-state index in [1.54, 1.807) is 0 Å². The van der Waals surface area contributed by atoms with Gasteiger partial charge in [0.05, 0.1) is 17.4 Å². The topological polar surface area (TPSA) is 75.4 Å². The third-order valence-electron chi connectivity index (χ3n) is 4.91. The molecule has 160 valence electrons. The van der Waals surface area contributed by atoms with Crippen LogP contribution in [0.1, 0.15) is 25.2 Å². The van der Waals surface area contributed by atoms with Crippen molar-refractivity contribution in [3.63, 3.8) is 0 Å². The average Bonchev–Trinajstić information content (AvgIpc) is 3.36. The molecule has 0 aliphatic carbocycles. The van der Waals surface area contributed by atoms with E-state index in [1.807, 2.05) is 0 Å². The first-order valence-corrected chi connectivity index (χ1v) is 9.70. The molecule has 31 heavy (non-hydrogen) atoms. The number of nitrogens with zero attached hydrogens (tertiary/aromatic N) is 2. The highest BCUT2D eigenvalue weighted by Crippen LogP contribution is 2.27. The molecule has 2 amide bonds. The summed E-state index contributed by atoms with van der Waals surface area (Å²) in [5.74, 6) is -2.24. The number of hydrogen-bond acceptors (Lipinski definition) is 4. The molecule has 0 saturated carbocycles. The van der Waals surface area contributed by atoms with Gasteiger partial charge in [0.25, 0.3) is 0 Å². The van der Waals surface area contributed by atoms with Gasteiger partial charge in [-0.05, 0) is 36.8 Å². The van der Waals surface area contributed by atoms with E-state index in [0.29, 0.717) is 19.4 Å². The van der Waals surface area contributed by atoms with E-state index in [9.17, 15) is 22.8 Å². The van der Waals surface area contributed by atoms with Gasteiger partial charge in [0.2, 0.25) is 11.8 Å². The van der Waals surface area contributed by atoms with Crippen molar-refractivity contribution in [2.45, 2.75) is 25.7 Å². The summed E-state index contributed by atoms with van der Waals surface area (Å²) in [5.41, 5.74) is 0.525. The molecule has 3 aromatic rings. The molecule has 9 heteroatoms. The van der Waals surface area contributed by atoms with E-state index in [4.69, 9.17) is 4.42 Å². The van der Waals surface area contributed by atoms with E-state index in [1.165, 1.54) is 35.4 Å². The summed E-state index contributed by atoms with van der Waals surface area (Å²) in [6.45, 7) is 0.474. The lowest BCUT2D eigenvalue weighted by Gasteiger charge is -2.17. The molecule has 2 heterocycles. The molecular formula is C22H18F3N3O3. The number of amides is 2. The first-order chi connectivity index (χ1) is 14.9. The maximum Gasteiger partial charge on any atom is 0.227 e. The number of aryl methyl sites for hydroxylation is 1. The van der Waals surface area contributed by atoms with Crippen LogP contribution in [0.2, 0.25) is 0 Å². The number of benzene rings is 2. The fraction of sp³-hybridized carbons (Fsp3) is 0.227. The van der Waals surface area contributed by atoms with Gasteiger partial charge in [-0.1, -0.05) is 0 Å². The molecule has 4 rings (SSSR count). The number of carbonyl (C=O) groups excluding carboxylic acids is 2. The van der Waals surface area contributed by atoms with Gasteiger partial charge in [0.1, 0.15) is 17.5 Å². The van der Waals surface area contributed by atoms with Crippen molar-refractivity contribution in [1.82, 2.24) is 4.98 Å². The number of rotatable bonds is 6. The minimum absolute atomic E-state index is 0.000164. The Morgan fingerprint density at radius 1 is 1.13 bits per heavy atom. The van der Waals surface area contributed by atoms with Crippen molar-refractivity contribution in [3.05, 3.63) is 65.9 Å². The largest absolute Gasteiger partial charge is 0.441 e. The lowest BCUT2D eigenvalue weighted by Crippen LogP contribution is -2.24. The van der Waals surface area contributed by atoms with Crippen molar-refractivity contribution in [2.24, 2.45) is 0 Å². The monoisotopic (exact) mass is 429 g/mol. The molecule has 1 aliphatic heterocycles. The number of hydrogen-bond donors (Lipinski definition) is 1. The molecule has 0 unspecified atom stereocenters. The summed E-state index contributed by atoms with van der Waals surface area (Å²) >= 11 is 0. The number of carbonyl (C=O) groups is 2. The number of halogens is 3. The fourth-order valence-electron chi connectivity index (χ4n) is 3.39. The van der Waals surface area contributed by atoms with Crippen LogP contribution in [0.5, 0.6) is 0 Å². The van der Waals surface area contributed by atoms with Crippen molar-refractivity contribution >= 4 is 23.2 Å². The fourth-order valence-corrected chi connectivity index (χ4v) is 3.39. The lowest BCUT2D eigenvalue weighted by atomic mass is 10.2. The Bertz CT molecular complexity index is 1150. The predicted molar refractivity (Wildman–Crippen MR) is 107 cm³/mol. The zero-order chi connectivity index (χ0) is 22.0. The van der Waals surface area contributed by atoms with Gasteiger partial charge in [0, 0.05) is 37.6 Å². The smallest absolute Gasteiger partial charge is 0.227 e. The maximum absolute atomic E-state index is 14.4. The van der Waals surface area contributed by atoms with Crippen molar-refractivity contribution < 1.29 is 27.2 Å². The average molecular weight is 429 g/mol. The Morgan fingerprint density at radius 3 is 2.68 bits per heavy atom. The van der Waals surface area contributed by atoms with E-state index in [2.05, 4.69) is 10.3 Å². The van der Waals surface area contributed by atoms with Crippen LogP contribution < -0.4 is 10.2 Å². The lowest BCUT2D eigenvalue weighted by molar-refractivity contribution is -0.117. The summed E-state index contributed by atoms with van der Waals surface area (Å²) in [5, 5.41) is 2.58. The van der Waals surface area contributed by atoms with Gasteiger partial charge in [-0.25, -0.2) is 18.2 Å². The highest BCUT2D eigenvalue weighted by molar-refractivity contribution is 5.96. The Morgan fingerprint density at radius 2 is 1.97 bits per heavy atom. The summed E-state index contributed by atoms with van der Waals surface area (Å²) in [7, 11) is 0. The van der Waals surface area contributed by atoms with Crippen molar-refractivity contribution in [2.75, 3.05) is 16.8 Å². The Kier molecular flexibility index (Phi) is 5.75. The molecule has 1 saturated heterocycles. The zero-order valence-electron chi connectivity index (χ0n) is 16.3. The Labute approximate surface area is 175 Å². The van der Waals surface area contributed by atoms with Crippen LogP contribution in [0.25, 0.3) is 11.3 Å². The first-order valence-electron chi connectivity index (χ1n) is 9.70. The maximum atomic E-state index is 14.4. The molecule has 1 fully saturated rings. The second-order valence-corrected chi connectivity index (χ2v) is 7.11. The number of anilines is 2. The SMILES string of the molecule is O=C(CCc1ncc(-c2ccc(F)cc2F)o1)Nc1ccc(N2CCCC2=O)c(F)c1. The van der Waals surface area contributed by atoms with E-state index in [0.717, 1.165) is 12.1 Å². The van der Waals surface area contributed by atoms with E-state index < -0.39 is 23.4 Å². The normalized spacial score (nSPS) is 13.6. The molecular weight excluding hydrogens is 411 g/mol. The minimum Gasteiger partial charge on any atom is -0.441 e. The van der Waals surface area contributed by atoms with Gasteiger partial charge in [-0.2, -0.15) is 0 Å². The highest BCUT2D eigenvalue weighted by atomic mass is 19.1. The summed E-state index contributed by atoms with van der Waals surface area (Å²) in [4.78, 5) is 29.4. The quantitative estimate of drug-likeness (QED) is 0.628. The molecule has 6 nitrogen and oxygen atoms in total. The minimum atomic E-state index is -0.776. The van der Waals surface area contributed by atoms with Gasteiger partial charge in [0.15, 0.2) is 11.7 Å². The molecule has 1 N–H and O–H groups in total. The van der Waals surface area contributed by atoms with Crippen LogP contribution in [0.4, 0.5) is 24.5 Å². The van der Waals surface area contributed by atoms with Crippen LogP contribution in [-0.4, -0.2) is 23.3 Å². The molecule has 1 aliphatic rings. The number of nitrogens with one attached hydrogen (secondary N) is 1. The van der Waals surface area contributed by atoms with E-state index >= 15 is 0 Å². The molecule has 0 bridgehead atoms. The van der Waals surface area contributed by atoms with E-state index in [-0.39, 0.29) is 47.3 Å². The molecule has 1 aromatic heterocycles. The Hall–Kier alpha value is -3.62. The van der Waals surface area contributed by atoms with Crippen LogP contribution in [0.15, 0.2) is 47.0 Å². The van der Waals surface area contributed by atoms with Gasteiger partial charge < -0.3 is 14.6 Å². The number of aromatic nitrogens is 1. The van der Waals surface area contributed by atoms with Crippen LogP contribution in [0.3, 0.4) is 0 Å². The molecule has 0 spiro atoms. The third kappa shape index (κ3) is 4.60. The molecule has 0 atom stereocenters. The summed E-state index contributed by atoms with van der Waals surface area (Å²) in [6.07, 6.45) is 2.52. The van der Waals surface area contributed by atoms with Gasteiger partial charge in [-0.3, -0.25) is 9.59 Å². The zero-order valence-corrected chi connectivity index (χ0v) is 16.3. The number of oxazole rings is 1. The second kappa shape index (κ2) is 8.63. The van der Waals surface area contributed by atoms with Gasteiger partial charge in [-0.15, -0.1) is 0 Å². The Balaban J connectivity index is 1.35. The first kappa shape index (κ1) is 20.6. The van der Waals surface area contributed by atoms with Crippen LogP contribution >= 0.6 is 0 Å². The van der Waals surface area contributed by atoms with Crippen molar-refractivity contribution in [1.29, 1.82) is 0 Å². The third-order valence-corrected chi connectivity index (χ3v) is 4.91. The molecule has 2 aromatic carbocycles. The summed E-state index contributed by atoms with van der Waals surface area (Å²) in [6, 6.07) is 7.26.